The van der Waals surface area contributed by atoms with Crippen LogP contribution in [0.1, 0.15) is 89.0 Å². The molecule has 3 amide bonds. The molecule has 1 saturated heterocycles. The van der Waals surface area contributed by atoms with E-state index in [9.17, 15) is 39.3 Å². The van der Waals surface area contributed by atoms with E-state index in [1.165, 1.54) is 0 Å². The fourth-order valence-corrected chi connectivity index (χ4v) is 4.48. The number of aliphatic hydroxyl groups excluding tert-OH is 2. The molecule has 15 heteroatoms. The summed E-state index contributed by atoms with van der Waals surface area (Å²) < 4.78 is 21.7. The number of alkyl carbamates (subject to hydrolysis) is 2. The molecule has 260 valence electrons. The third kappa shape index (κ3) is 11.7. The Bertz CT molecular complexity index is 1050. The van der Waals surface area contributed by atoms with E-state index in [1.807, 2.05) is 0 Å². The highest BCUT2D eigenvalue weighted by Gasteiger charge is 2.61. The van der Waals surface area contributed by atoms with E-state index in [0.29, 0.717) is 6.42 Å². The van der Waals surface area contributed by atoms with Gasteiger partial charge in [-0.1, -0.05) is 34.6 Å². The van der Waals surface area contributed by atoms with Crippen LogP contribution in [0.5, 0.6) is 0 Å². The lowest BCUT2D eigenvalue weighted by molar-refractivity contribution is -0.304. The summed E-state index contributed by atoms with van der Waals surface area (Å²) >= 11 is 0. The van der Waals surface area contributed by atoms with E-state index in [2.05, 4.69) is 16.0 Å². The molecule has 0 aromatic heterocycles. The van der Waals surface area contributed by atoms with Gasteiger partial charge in [0.05, 0.1) is 12.6 Å². The predicted molar refractivity (Wildman–Crippen MR) is 161 cm³/mol. The molecule has 0 bridgehead atoms. The number of hydrogen-bond acceptors (Lipinski definition) is 12. The first kappa shape index (κ1) is 40.0. The van der Waals surface area contributed by atoms with Gasteiger partial charge in [0, 0.05) is 6.42 Å². The maximum absolute atomic E-state index is 14.1. The number of Topliss-reactive ketones (excluding diaryl/α,β-unsaturated/α-hetero) is 1. The summed E-state index contributed by atoms with van der Waals surface area (Å²) in [5.74, 6) is -7.18. The molecule has 1 aliphatic heterocycles. The van der Waals surface area contributed by atoms with E-state index in [1.54, 1.807) is 76.2 Å². The largest absolute Gasteiger partial charge is 0.456 e. The van der Waals surface area contributed by atoms with Crippen molar-refractivity contribution in [2.45, 2.75) is 142 Å². The summed E-state index contributed by atoms with van der Waals surface area (Å²) in [4.78, 5) is 65.5. The van der Waals surface area contributed by atoms with Crippen LogP contribution in [0.3, 0.4) is 0 Å². The second-order valence-corrected chi connectivity index (χ2v) is 13.8. The van der Waals surface area contributed by atoms with Gasteiger partial charge in [0.15, 0.2) is 6.10 Å². The quantitative estimate of drug-likeness (QED) is 0.130. The zero-order chi connectivity index (χ0) is 35.1. The monoisotopic (exact) mass is 647 g/mol. The highest BCUT2D eigenvalue weighted by molar-refractivity contribution is 5.95. The third-order valence-corrected chi connectivity index (χ3v) is 6.59. The van der Waals surface area contributed by atoms with Crippen LogP contribution in [0.4, 0.5) is 9.59 Å². The summed E-state index contributed by atoms with van der Waals surface area (Å²) in [5.41, 5.74) is -1.80. The lowest BCUT2D eigenvalue weighted by atomic mass is 9.83. The van der Waals surface area contributed by atoms with Crippen LogP contribution < -0.4 is 16.0 Å². The summed E-state index contributed by atoms with van der Waals surface area (Å²) in [6.45, 7) is 16.9. The molecule has 7 atom stereocenters. The van der Waals surface area contributed by atoms with E-state index in [-0.39, 0.29) is 6.42 Å². The fraction of sp³-hybridized carbons (Fsp3) is 0.833. The molecule has 1 fully saturated rings. The maximum Gasteiger partial charge on any atom is 0.408 e. The van der Waals surface area contributed by atoms with Crippen molar-refractivity contribution in [3.8, 4) is 0 Å². The summed E-state index contributed by atoms with van der Waals surface area (Å²) in [6.07, 6.45) is -7.01. The number of carbonyl (C=O) groups is 5. The van der Waals surface area contributed by atoms with E-state index in [0.717, 1.165) is 0 Å². The van der Waals surface area contributed by atoms with Gasteiger partial charge in [-0.05, 0) is 59.8 Å². The van der Waals surface area contributed by atoms with Crippen molar-refractivity contribution >= 4 is 29.8 Å². The SMILES string of the molecule is CCCC(=O)N[C@@H]1[C@@H](OC(=O)[C@@H](NC(=O)OC(C)(C)C)C(C)C)[C@H](O)[C@@H](CO)OC1(O)C(=O)[C@@H](NC(=O)OC(C)(C)C)C(C)C. The van der Waals surface area contributed by atoms with Crippen LogP contribution in [0.25, 0.3) is 0 Å². The Hall–Kier alpha value is -3.01. The van der Waals surface area contributed by atoms with E-state index in [4.69, 9.17) is 18.9 Å². The molecule has 15 nitrogen and oxygen atoms in total. The first-order valence-corrected chi connectivity index (χ1v) is 15.2. The van der Waals surface area contributed by atoms with E-state index < -0.39 is 102 Å². The van der Waals surface area contributed by atoms with Crippen LogP contribution in [-0.2, 0) is 33.3 Å². The molecular weight excluding hydrogens is 594 g/mol. The minimum absolute atomic E-state index is 0.0699. The van der Waals surface area contributed by atoms with Gasteiger partial charge in [0.25, 0.3) is 5.79 Å². The molecule has 6 N–H and O–H groups in total. The zero-order valence-corrected chi connectivity index (χ0v) is 28.3. The minimum Gasteiger partial charge on any atom is -0.456 e. The van der Waals surface area contributed by atoms with E-state index >= 15 is 0 Å². The number of hydrogen-bond donors (Lipinski definition) is 6. The Balaban J connectivity index is 3.62. The van der Waals surface area contributed by atoms with Crippen molar-refractivity contribution in [3.05, 3.63) is 0 Å². The lowest BCUT2D eigenvalue weighted by Gasteiger charge is -2.49. The molecular formula is C30H53N3O12. The van der Waals surface area contributed by atoms with Crippen molar-refractivity contribution < 1.29 is 58.2 Å². The van der Waals surface area contributed by atoms with Gasteiger partial charge in [-0.25, -0.2) is 14.4 Å². The Morgan fingerprint density at radius 2 is 1.33 bits per heavy atom. The molecule has 0 saturated carbocycles. The van der Waals surface area contributed by atoms with Crippen LogP contribution in [0.15, 0.2) is 0 Å². The molecule has 1 aliphatic rings. The molecule has 1 rings (SSSR count). The van der Waals surface area contributed by atoms with Crippen molar-refractivity contribution in [2.24, 2.45) is 11.8 Å². The Labute approximate surface area is 265 Å². The maximum atomic E-state index is 14.1. The van der Waals surface area contributed by atoms with Gasteiger partial charge in [-0.2, -0.15) is 0 Å². The summed E-state index contributed by atoms with van der Waals surface area (Å²) in [7, 11) is 0. The second kappa shape index (κ2) is 16.0. The zero-order valence-electron chi connectivity index (χ0n) is 28.3. The number of rotatable bonds is 12. The van der Waals surface area contributed by atoms with Crippen molar-refractivity contribution in [1.82, 2.24) is 16.0 Å². The fourth-order valence-electron chi connectivity index (χ4n) is 4.48. The van der Waals surface area contributed by atoms with Gasteiger partial charge in [0.2, 0.25) is 11.7 Å². The summed E-state index contributed by atoms with van der Waals surface area (Å²) in [6, 6.07) is -4.70. The minimum atomic E-state index is -3.03. The smallest absolute Gasteiger partial charge is 0.408 e. The molecule has 0 radical (unpaired) electrons. The molecule has 0 spiro atoms. The number of aliphatic hydroxyl groups is 3. The molecule has 0 aromatic rings. The van der Waals surface area contributed by atoms with Crippen molar-refractivity contribution in [2.75, 3.05) is 6.61 Å². The third-order valence-electron chi connectivity index (χ3n) is 6.59. The highest BCUT2D eigenvalue weighted by atomic mass is 16.7. The first-order valence-electron chi connectivity index (χ1n) is 15.2. The number of carbonyl (C=O) groups excluding carboxylic acids is 5. The average Bonchev–Trinajstić information content (AvgIpc) is 2.87. The topological polar surface area (TPSA) is 219 Å². The van der Waals surface area contributed by atoms with Gasteiger partial charge < -0.3 is 50.2 Å². The van der Waals surface area contributed by atoms with Crippen molar-refractivity contribution in [3.63, 3.8) is 0 Å². The van der Waals surface area contributed by atoms with Crippen LogP contribution >= 0.6 is 0 Å². The molecule has 1 unspecified atom stereocenters. The van der Waals surface area contributed by atoms with Crippen LogP contribution in [0.2, 0.25) is 0 Å². The summed E-state index contributed by atoms with van der Waals surface area (Å²) in [5, 5.41) is 40.4. The van der Waals surface area contributed by atoms with Gasteiger partial charge >= 0.3 is 18.2 Å². The van der Waals surface area contributed by atoms with Crippen molar-refractivity contribution in [1.29, 1.82) is 0 Å². The van der Waals surface area contributed by atoms with Crippen LogP contribution in [0, 0.1) is 11.8 Å². The lowest BCUT2D eigenvalue weighted by Crippen LogP contribution is -2.75. The number of esters is 1. The Kier molecular flexibility index (Phi) is 14.2. The second-order valence-electron chi connectivity index (χ2n) is 13.8. The average molecular weight is 648 g/mol. The number of amides is 3. The number of ether oxygens (including phenoxy) is 4. The number of nitrogens with one attached hydrogen (secondary N) is 3. The Morgan fingerprint density at radius 1 is 0.867 bits per heavy atom. The normalized spacial score (nSPS) is 25.2. The predicted octanol–water partition coefficient (Wildman–Crippen LogP) is 1.29. The van der Waals surface area contributed by atoms with Gasteiger partial charge in [-0.3, -0.25) is 9.59 Å². The van der Waals surface area contributed by atoms with Gasteiger partial charge in [0.1, 0.15) is 35.5 Å². The standard InChI is InChI=1S/C30H53N3O12/c1-12-13-18(35)31-23-22(42-25(38)20(16(4)5)33-27(40)45-29(9,10)11)21(36)17(14-34)43-30(23,41)24(37)19(15(2)3)32-26(39)44-28(6,7)8/h15-17,19-23,34,36,41H,12-14H2,1-11H3,(H,31,35)(H,32,39)(H,33,40)/t17-,19+,20+,21-,22+,23-,30?/m1/s1. The van der Waals surface area contributed by atoms with Crippen LogP contribution in [-0.4, -0.2) is 105 Å². The molecule has 1 heterocycles. The highest BCUT2D eigenvalue weighted by Crippen LogP contribution is 2.33. The molecule has 45 heavy (non-hydrogen) atoms. The Morgan fingerprint density at radius 3 is 1.73 bits per heavy atom. The molecule has 0 aliphatic carbocycles. The van der Waals surface area contributed by atoms with Gasteiger partial charge in [-0.15, -0.1) is 0 Å². The molecule has 0 aromatic carbocycles. The number of ketones is 1. The first-order chi connectivity index (χ1) is 20.5.